The molecule has 2 rings (SSSR count). The van der Waals surface area contributed by atoms with Gasteiger partial charge in [-0.25, -0.2) is 8.42 Å². The summed E-state index contributed by atoms with van der Waals surface area (Å²) in [6, 6.07) is 6.12. The predicted octanol–water partition coefficient (Wildman–Crippen LogP) is 2.06. The number of benzene rings is 1. The predicted molar refractivity (Wildman–Crippen MR) is 89.6 cm³/mol. The van der Waals surface area contributed by atoms with Crippen molar-refractivity contribution in [3.05, 3.63) is 29.8 Å². The second-order valence-electron chi connectivity index (χ2n) is 6.41. The third kappa shape index (κ3) is 4.32. The number of aliphatic hydroxyl groups is 2. The fraction of sp³-hybridized carbons (Fsp3) is 0.647. The monoisotopic (exact) mass is 341 g/mol. The van der Waals surface area contributed by atoms with Crippen LogP contribution in [0.3, 0.4) is 0 Å². The van der Waals surface area contributed by atoms with Gasteiger partial charge >= 0.3 is 0 Å². The molecule has 0 aliphatic carbocycles. The molecule has 1 aromatic rings. The van der Waals surface area contributed by atoms with E-state index >= 15 is 0 Å². The van der Waals surface area contributed by atoms with Crippen LogP contribution in [-0.4, -0.2) is 47.7 Å². The van der Waals surface area contributed by atoms with Gasteiger partial charge in [0.05, 0.1) is 23.1 Å². The molecular weight excluding hydrogens is 314 g/mol. The minimum Gasteiger partial charge on any atom is -0.392 e. The first-order chi connectivity index (χ1) is 10.9. The number of unbranched alkanes of at least 4 members (excludes halogenated alkanes) is 2. The van der Waals surface area contributed by atoms with Gasteiger partial charge in [0.15, 0.2) is 0 Å². The molecule has 0 amide bonds. The van der Waals surface area contributed by atoms with Gasteiger partial charge in [-0.2, -0.15) is 4.31 Å². The van der Waals surface area contributed by atoms with Crippen molar-refractivity contribution in [1.82, 2.24) is 4.31 Å². The summed E-state index contributed by atoms with van der Waals surface area (Å²) in [5.74, 6) is 0. The zero-order valence-electron chi connectivity index (χ0n) is 13.9. The third-order valence-electron chi connectivity index (χ3n) is 4.45. The lowest BCUT2D eigenvalue weighted by atomic mass is 10.0. The normalized spacial score (nSPS) is 24.0. The zero-order chi connectivity index (χ0) is 17.0. The lowest BCUT2D eigenvalue weighted by Gasteiger charge is -2.27. The van der Waals surface area contributed by atoms with Crippen molar-refractivity contribution in [2.75, 3.05) is 6.54 Å². The van der Waals surface area contributed by atoms with Crippen LogP contribution in [-0.2, 0) is 10.0 Å². The van der Waals surface area contributed by atoms with Gasteiger partial charge in [0.2, 0.25) is 10.0 Å². The van der Waals surface area contributed by atoms with Gasteiger partial charge < -0.3 is 10.2 Å². The quantitative estimate of drug-likeness (QED) is 0.744. The summed E-state index contributed by atoms with van der Waals surface area (Å²) in [6.45, 7) is 4.03. The summed E-state index contributed by atoms with van der Waals surface area (Å²) < 4.78 is 27.0. The van der Waals surface area contributed by atoms with E-state index in [1.807, 2.05) is 6.92 Å². The maximum absolute atomic E-state index is 12.8. The highest BCUT2D eigenvalue weighted by atomic mass is 32.2. The van der Waals surface area contributed by atoms with E-state index in [0.717, 1.165) is 24.8 Å². The third-order valence-corrected chi connectivity index (χ3v) is 6.35. The molecule has 130 valence electrons. The van der Waals surface area contributed by atoms with Crippen LogP contribution >= 0.6 is 0 Å². The standard InChI is InChI=1S/C17H27NO4S/c1-3-4-5-6-17(20)16-11-14(19)12-18(16)23(21,22)15-9-7-13(2)8-10-15/h7-10,14,16-17,19-20H,3-6,11-12H2,1-2H3/t14-,16-,17-/m1/s1. The highest BCUT2D eigenvalue weighted by Gasteiger charge is 2.42. The highest BCUT2D eigenvalue weighted by molar-refractivity contribution is 7.89. The van der Waals surface area contributed by atoms with Crippen molar-refractivity contribution in [3.63, 3.8) is 0 Å². The maximum atomic E-state index is 12.8. The molecule has 0 spiro atoms. The van der Waals surface area contributed by atoms with Crippen LogP contribution in [0.15, 0.2) is 29.2 Å². The molecule has 0 radical (unpaired) electrons. The number of aryl methyl sites for hydroxylation is 1. The molecule has 1 aromatic carbocycles. The van der Waals surface area contributed by atoms with Gasteiger partial charge in [0.1, 0.15) is 0 Å². The minimum atomic E-state index is -3.70. The van der Waals surface area contributed by atoms with Crippen LogP contribution in [0.4, 0.5) is 0 Å². The van der Waals surface area contributed by atoms with E-state index in [4.69, 9.17) is 0 Å². The summed E-state index contributed by atoms with van der Waals surface area (Å²) in [5.41, 5.74) is 0.988. The summed E-state index contributed by atoms with van der Waals surface area (Å²) in [6.07, 6.45) is 2.31. The molecule has 0 saturated carbocycles. The Hall–Kier alpha value is -0.950. The topological polar surface area (TPSA) is 77.8 Å². The van der Waals surface area contributed by atoms with Crippen LogP contribution < -0.4 is 0 Å². The van der Waals surface area contributed by atoms with Gasteiger partial charge in [0, 0.05) is 6.54 Å². The number of sulfonamides is 1. The molecule has 2 N–H and O–H groups in total. The highest BCUT2D eigenvalue weighted by Crippen LogP contribution is 2.29. The molecule has 6 heteroatoms. The van der Waals surface area contributed by atoms with Crippen molar-refractivity contribution >= 4 is 10.0 Å². The maximum Gasteiger partial charge on any atom is 0.243 e. The number of hydrogen-bond donors (Lipinski definition) is 2. The Morgan fingerprint density at radius 1 is 1.26 bits per heavy atom. The van der Waals surface area contributed by atoms with E-state index in [2.05, 4.69) is 6.92 Å². The molecule has 1 heterocycles. The average Bonchev–Trinajstić information content (AvgIpc) is 2.91. The Kier molecular flexibility index (Phi) is 6.19. The van der Waals surface area contributed by atoms with Crippen LogP contribution in [0, 0.1) is 6.92 Å². The number of β-amino-alcohol motifs (C(OH)–C–C–N with tert-alkyl or cyclic N) is 1. The Morgan fingerprint density at radius 2 is 1.91 bits per heavy atom. The molecule has 0 aromatic heterocycles. The van der Waals surface area contributed by atoms with Crippen LogP contribution in [0.1, 0.15) is 44.6 Å². The van der Waals surface area contributed by atoms with E-state index in [9.17, 15) is 18.6 Å². The Morgan fingerprint density at radius 3 is 2.52 bits per heavy atom. The van der Waals surface area contributed by atoms with E-state index < -0.39 is 28.3 Å². The molecule has 5 nitrogen and oxygen atoms in total. The molecule has 1 aliphatic heterocycles. The molecule has 1 saturated heterocycles. The minimum absolute atomic E-state index is 0.0473. The number of aliphatic hydroxyl groups excluding tert-OH is 2. The van der Waals surface area contributed by atoms with E-state index in [1.165, 1.54) is 4.31 Å². The van der Waals surface area contributed by atoms with E-state index in [-0.39, 0.29) is 11.4 Å². The second kappa shape index (κ2) is 7.75. The lowest BCUT2D eigenvalue weighted by molar-refractivity contribution is 0.0932. The van der Waals surface area contributed by atoms with Crippen LogP contribution in [0.5, 0.6) is 0 Å². The van der Waals surface area contributed by atoms with Crippen molar-refractivity contribution in [1.29, 1.82) is 0 Å². The lowest BCUT2D eigenvalue weighted by Crippen LogP contribution is -2.42. The van der Waals surface area contributed by atoms with Crippen molar-refractivity contribution in [2.24, 2.45) is 0 Å². The summed E-state index contributed by atoms with van der Waals surface area (Å²) in [7, 11) is -3.70. The zero-order valence-corrected chi connectivity index (χ0v) is 14.7. The second-order valence-corrected chi connectivity index (χ2v) is 8.30. The Balaban J connectivity index is 2.19. The van der Waals surface area contributed by atoms with Crippen molar-refractivity contribution < 1.29 is 18.6 Å². The van der Waals surface area contributed by atoms with Gasteiger partial charge in [-0.1, -0.05) is 43.9 Å². The van der Waals surface area contributed by atoms with Crippen molar-refractivity contribution in [2.45, 2.75) is 69.1 Å². The van der Waals surface area contributed by atoms with E-state index in [1.54, 1.807) is 24.3 Å². The van der Waals surface area contributed by atoms with Gasteiger partial charge in [-0.15, -0.1) is 0 Å². The average molecular weight is 341 g/mol. The molecule has 0 bridgehead atoms. The summed E-state index contributed by atoms with van der Waals surface area (Å²) in [5, 5.41) is 20.3. The van der Waals surface area contributed by atoms with Crippen LogP contribution in [0.25, 0.3) is 0 Å². The molecular formula is C17H27NO4S. The number of nitrogens with zero attached hydrogens (tertiary/aromatic N) is 1. The van der Waals surface area contributed by atoms with E-state index in [0.29, 0.717) is 12.8 Å². The molecule has 3 atom stereocenters. The van der Waals surface area contributed by atoms with Gasteiger partial charge in [-0.3, -0.25) is 0 Å². The summed E-state index contributed by atoms with van der Waals surface area (Å²) in [4.78, 5) is 0.211. The molecule has 1 aliphatic rings. The first-order valence-corrected chi connectivity index (χ1v) is 9.75. The first-order valence-electron chi connectivity index (χ1n) is 8.31. The SMILES string of the molecule is CCCCC[C@@H](O)[C@H]1C[C@@H](O)CN1S(=O)(=O)c1ccc(C)cc1. The number of hydrogen-bond acceptors (Lipinski definition) is 4. The van der Waals surface area contributed by atoms with Crippen molar-refractivity contribution in [3.8, 4) is 0 Å². The molecule has 23 heavy (non-hydrogen) atoms. The first kappa shape index (κ1) is 18.4. The largest absolute Gasteiger partial charge is 0.392 e. The Bertz CT molecular complexity index is 600. The molecule has 1 fully saturated rings. The Labute approximate surface area is 139 Å². The number of rotatable bonds is 7. The smallest absolute Gasteiger partial charge is 0.243 e. The van der Waals surface area contributed by atoms with Crippen LogP contribution in [0.2, 0.25) is 0 Å². The van der Waals surface area contributed by atoms with Gasteiger partial charge in [0.25, 0.3) is 0 Å². The summed E-state index contributed by atoms with van der Waals surface area (Å²) >= 11 is 0. The molecule has 0 unspecified atom stereocenters. The fourth-order valence-corrected chi connectivity index (χ4v) is 4.78. The van der Waals surface area contributed by atoms with Gasteiger partial charge in [-0.05, 0) is 31.9 Å². The fourth-order valence-electron chi connectivity index (χ4n) is 3.08.